The molecule has 0 aliphatic rings. The van der Waals surface area contributed by atoms with Crippen molar-refractivity contribution in [2.75, 3.05) is 12.4 Å². The number of benzene rings is 2. The molecule has 4 heteroatoms. The Bertz CT molecular complexity index is 569. The van der Waals surface area contributed by atoms with Gasteiger partial charge in [-0.05, 0) is 48.5 Å². The van der Waals surface area contributed by atoms with Crippen molar-refractivity contribution < 1.29 is 4.74 Å². The van der Waals surface area contributed by atoms with Gasteiger partial charge in [-0.3, -0.25) is 0 Å². The van der Waals surface area contributed by atoms with Gasteiger partial charge in [-0.1, -0.05) is 37.3 Å². The third-order valence-electron chi connectivity index (χ3n) is 3.26. The van der Waals surface area contributed by atoms with Crippen molar-refractivity contribution in [3.05, 3.63) is 60.2 Å². The van der Waals surface area contributed by atoms with Crippen molar-refractivity contribution >= 4 is 23.0 Å². The van der Waals surface area contributed by atoms with E-state index in [1.54, 1.807) is 7.11 Å². The number of nitrogens with one attached hydrogen (secondary N) is 2. The number of hydrogen-bond acceptors (Lipinski definition) is 2. The Morgan fingerprint density at radius 3 is 2.33 bits per heavy atom. The molecule has 2 rings (SSSR count). The van der Waals surface area contributed by atoms with Crippen LogP contribution in [0.15, 0.2) is 54.6 Å². The molecule has 21 heavy (non-hydrogen) atoms. The van der Waals surface area contributed by atoms with Crippen LogP contribution in [0.3, 0.4) is 0 Å². The Labute approximate surface area is 131 Å². The van der Waals surface area contributed by atoms with Gasteiger partial charge in [0.25, 0.3) is 0 Å². The molecule has 0 saturated carbocycles. The van der Waals surface area contributed by atoms with Crippen LogP contribution in [0.5, 0.6) is 5.75 Å². The lowest BCUT2D eigenvalue weighted by Crippen LogP contribution is -2.32. The van der Waals surface area contributed by atoms with Crippen molar-refractivity contribution in [2.45, 2.75) is 19.4 Å². The van der Waals surface area contributed by atoms with Gasteiger partial charge in [0.05, 0.1) is 13.2 Å². The number of hydrogen-bond donors (Lipinski definition) is 2. The quantitative estimate of drug-likeness (QED) is 0.813. The highest BCUT2D eigenvalue weighted by Gasteiger charge is 2.10. The first-order valence-corrected chi connectivity index (χ1v) is 7.40. The van der Waals surface area contributed by atoms with Crippen molar-refractivity contribution in [3.63, 3.8) is 0 Å². The van der Waals surface area contributed by atoms with Crippen LogP contribution >= 0.6 is 12.2 Å². The molecular weight excluding hydrogens is 280 g/mol. The molecule has 2 N–H and O–H groups in total. The first kappa shape index (κ1) is 15.3. The van der Waals surface area contributed by atoms with Gasteiger partial charge in [0.15, 0.2) is 5.11 Å². The fourth-order valence-electron chi connectivity index (χ4n) is 2.11. The third kappa shape index (κ3) is 4.46. The molecule has 0 aromatic heterocycles. The average Bonchev–Trinajstić information content (AvgIpc) is 2.54. The molecule has 0 aliphatic carbocycles. The van der Waals surface area contributed by atoms with E-state index in [-0.39, 0.29) is 6.04 Å². The van der Waals surface area contributed by atoms with Crippen LogP contribution in [0.2, 0.25) is 0 Å². The second-order valence-corrected chi connectivity index (χ2v) is 5.11. The predicted molar refractivity (Wildman–Crippen MR) is 91.8 cm³/mol. The summed E-state index contributed by atoms with van der Waals surface area (Å²) in [5.74, 6) is 0.829. The van der Waals surface area contributed by atoms with Crippen LogP contribution in [0.4, 0.5) is 5.69 Å². The summed E-state index contributed by atoms with van der Waals surface area (Å²) in [7, 11) is 1.65. The van der Waals surface area contributed by atoms with Crippen molar-refractivity contribution in [2.24, 2.45) is 0 Å². The number of rotatable bonds is 5. The van der Waals surface area contributed by atoms with Crippen LogP contribution in [-0.2, 0) is 0 Å². The fraction of sp³-hybridized carbons (Fsp3) is 0.235. The van der Waals surface area contributed by atoms with Gasteiger partial charge in [0.2, 0.25) is 0 Å². The zero-order chi connectivity index (χ0) is 15.1. The van der Waals surface area contributed by atoms with E-state index in [9.17, 15) is 0 Å². The van der Waals surface area contributed by atoms with Crippen molar-refractivity contribution in [3.8, 4) is 5.75 Å². The Morgan fingerprint density at radius 1 is 1.10 bits per heavy atom. The summed E-state index contributed by atoms with van der Waals surface area (Å²) in [5.41, 5.74) is 2.18. The normalized spacial score (nSPS) is 11.5. The standard InChI is InChI=1S/C17H20N2OS/c1-3-16(13-7-5-4-6-8-13)19-17(21)18-14-9-11-15(20-2)12-10-14/h4-12,16H,3H2,1-2H3,(H2,18,19,21)/t16-/m0/s1. The molecule has 0 unspecified atom stereocenters. The molecule has 0 bridgehead atoms. The van der Waals surface area contributed by atoms with Crippen molar-refractivity contribution in [1.82, 2.24) is 5.32 Å². The van der Waals surface area contributed by atoms with Gasteiger partial charge in [0.1, 0.15) is 5.75 Å². The summed E-state index contributed by atoms with van der Waals surface area (Å²) < 4.78 is 5.14. The zero-order valence-corrected chi connectivity index (χ0v) is 13.1. The summed E-state index contributed by atoms with van der Waals surface area (Å²) in [6.07, 6.45) is 0.967. The molecule has 0 fully saturated rings. The molecule has 0 spiro atoms. The maximum atomic E-state index is 5.39. The molecule has 1 atom stereocenters. The van der Waals surface area contributed by atoms with E-state index in [2.05, 4.69) is 29.7 Å². The maximum Gasteiger partial charge on any atom is 0.171 e. The molecule has 110 valence electrons. The minimum Gasteiger partial charge on any atom is -0.497 e. The molecule has 0 saturated heterocycles. The number of thiocarbonyl (C=S) groups is 1. The van der Waals surface area contributed by atoms with E-state index in [4.69, 9.17) is 17.0 Å². The molecule has 2 aromatic rings. The SMILES string of the molecule is CC[C@H](NC(=S)Nc1ccc(OC)cc1)c1ccccc1. The summed E-state index contributed by atoms with van der Waals surface area (Å²) in [6.45, 7) is 2.14. The Hall–Kier alpha value is -2.07. The lowest BCUT2D eigenvalue weighted by molar-refractivity contribution is 0.415. The average molecular weight is 300 g/mol. The third-order valence-corrected chi connectivity index (χ3v) is 3.48. The fourth-order valence-corrected chi connectivity index (χ4v) is 2.37. The summed E-state index contributed by atoms with van der Waals surface area (Å²) in [5, 5.41) is 7.16. The number of ether oxygens (including phenoxy) is 1. The van der Waals surface area contributed by atoms with Gasteiger partial charge in [-0.15, -0.1) is 0 Å². The monoisotopic (exact) mass is 300 g/mol. The van der Waals surface area contributed by atoms with E-state index in [0.717, 1.165) is 17.9 Å². The van der Waals surface area contributed by atoms with E-state index in [0.29, 0.717) is 5.11 Å². The summed E-state index contributed by atoms with van der Waals surface area (Å²) >= 11 is 5.39. The Balaban J connectivity index is 1.96. The van der Waals surface area contributed by atoms with E-state index >= 15 is 0 Å². The van der Waals surface area contributed by atoms with Gasteiger partial charge in [-0.2, -0.15) is 0 Å². The summed E-state index contributed by atoms with van der Waals surface area (Å²) in [4.78, 5) is 0. The summed E-state index contributed by atoms with van der Waals surface area (Å²) in [6, 6.07) is 18.2. The lowest BCUT2D eigenvalue weighted by atomic mass is 10.1. The predicted octanol–water partition coefficient (Wildman–Crippen LogP) is 4.13. The molecule has 0 aliphatic heterocycles. The second-order valence-electron chi connectivity index (χ2n) is 4.70. The van der Waals surface area contributed by atoms with Crippen LogP contribution in [-0.4, -0.2) is 12.2 Å². The lowest BCUT2D eigenvalue weighted by Gasteiger charge is -2.20. The highest BCUT2D eigenvalue weighted by atomic mass is 32.1. The highest BCUT2D eigenvalue weighted by Crippen LogP contribution is 2.17. The largest absolute Gasteiger partial charge is 0.497 e. The zero-order valence-electron chi connectivity index (χ0n) is 12.3. The highest BCUT2D eigenvalue weighted by molar-refractivity contribution is 7.80. The first-order valence-electron chi connectivity index (χ1n) is 6.99. The molecular formula is C17H20N2OS. The minimum atomic E-state index is 0.212. The van der Waals surface area contributed by atoms with E-state index < -0.39 is 0 Å². The van der Waals surface area contributed by atoms with E-state index in [1.807, 2.05) is 42.5 Å². The maximum absolute atomic E-state index is 5.39. The van der Waals surface area contributed by atoms with Crippen LogP contribution in [0.25, 0.3) is 0 Å². The number of anilines is 1. The van der Waals surface area contributed by atoms with Crippen LogP contribution in [0, 0.1) is 0 Å². The van der Waals surface area contributed by atoms with Gasteiger partial charge < -0.3 is 15.4 Å². The molecule has 0 amide bonds. The minimum absolute atomic E-state index is 0.212. The van der Waals surface area contributed by atoms with E-state index in [1.165, 1.54) is 5.56 Å². The van der Waals surface area contributed by atoms with Gasteiger partial charge >= 0.3 is 0 Å². The molecule has 3 nitrogen and oxygen atoms in total. The smallest absolute Gasteiger partial charge is 0.171 e. The number of methoxy groups -OCH3 is 1. The van der Waals surface area contributed by atoms with Crippen molar-refractivity contribution in [1.29, 1.82) is 0 Å². The Kier molecular flexibility index (Phi) is 5.58. The first-order chi connectivity index (χ1) is 10.2. The molecule has 0 radical (unpaired) electrons. The Morgan fingerprint density at radius 2 is 1.76 bits per heavy atom. The topological polar surface area (TPSA) is 33.3 Å². The van der Waals surface area contributed by atoms with Crippen LogP contribution < -0.4 is 15.4 Å². The second kappa shape index (κ2) is 7.64. The van der Waals surface area contributed by atoms with Gasteiger partial charge in [-0.25, -0.2) is 0 Å². The molecule has 0 heterocycles. The molecule has 2 aromatic carbocycles. The van der Waals surface area contributed by atoms with Gasteiger partial charge in [0, 0.05) is 5.69 Å². The van der Waals surface area contributed by atoms with Crippen LogP contribution in [0.1, 0.15) is 24.9 Å².